The first-order valence-electron chi connectivity index (χ1n) is 2.98. The van der Waals surface area contributed by atoms with Gasteiger partial charge in [0.1, 0.15) is 0 Å². The van der Waals surface area contributed by atoms with Crippen LogP contribution in [0.25, 0.3) is 0 Å². The van der Waals surface area contributed by atoms with Gasteiger partial charge in [0.2, 0.25) is 0 Å². The first-order valence-corrected chi connectivity index (χ1v) is 4.18. The van der Waals surface area contributed by atoms with E-state index in [0.717, 1.165) is 11.9 Å². The molecule has 0 aromatic rings. The lowest BCUT2D eigenvalue weighted by atomic mass is 10.4. The van der Waals surface area contributed by atoms with Gasteiger partial charge in [-0.15, -0.1) is 9.24 Å². The number of hydrogen-bond acceptors (Lipinski definition) is 1. The minimum absolute atomic E-state index is 0.717. The molecule has 0 spiro atoms. The van der Waals surface area contributed by atoms with Crippen molar-refractivity contribution in [2.75, 3.05) is 13.3 Å². The van der Waals surface area contributed by atoms with Crippen molar-refractivity contribution in [3.63, 3.8) is 0 Å². The molecule has 0 aromatic carbocycles. The molecule has 0 radical (unpaired) electrons. The smallest absolute Gasteiger partial charge is 0.0939 e. The molecule has 0 aliphatic heterocycles. The van der Waals surface area contributed by atoms with Crippen LogP contribution in [-0.2, 0) is 4.74 Å². The van der Waals surface area contributed by atoms with Gasteiger partial charge in [-0.3, -0.25) is 0 Å². The minimum Gasteiger partial charge on any atom is -0.501 e. The number of hydrogen-bond donors (Lipinski definition) is 0. The van der Waals surface area contributed by atoms with Crippen LogP contribution in [0.15, 0.2) is 22.9 Å². The Morgan fingerprint density at radius 1 is 1.70 bits per heavy atom. The molecule has 0 aromatic heterocycles. The average Bonchev–Trinajstić information content (AvgIpc) is 1.88. The maximum absolute atomic E-state index is 5.75. The van der Waals surface area contributed by atoms with E-state index in [9.17, 15) is 0 Å². The highest BCUT2D eigenvalue weighted by molar-refractivity contribution is 7.16. The van der Waals surface area contributed by atoms with Crippen molar-refractivity contribution < 1.29 is 4.74 Å². The van der Waals surface area contributed by atoms with Crippen molar-refractivity contribution in [3.8, 4) is 0 Å². The van der Waals surface area contributed by atoms with Gasteiger partial charge in [0.15, 0.2) is 0 Å². The Hall–Kier alpha value is -0.000000000000000111. The van der Waals surface area contributed by atoms with E-state index in [2.05, 4.69) is 9.24 Å². The summed E-state index contributed by atoms with van der Waals surface area (Å²) in [7, 11) is 4.19. The highest BCUT2D eigenvalue weighted by Crippen LogP contribution is 2.07. The molecule has 0 saturated carbocycles. The summed E-state index contributed by atoms with van der Waals surface area (Å²) in [6, 6.07) is 0. The molecular weight excluding hydrogens is 167 g/mol. The summed E-state index contributed by atoms with van der Waals surface area (Å²) >= 11 is 5.75. The first-order chi connectivity index (χ1) is 4.70. The van der Waals surface area contributed by atoms with Crippen LogP contribution in [0.4, 0.5) is 0 Å². The zero-order valence-electron chi connectivity index (χ0n) is 6.23. The monoisotopic (exact) mass is 178 g/mol. The van der Waals surface area contributed by atoms with Crippen LogP contribution in [0.1, 0.15) is 6.92 Å². The van der Waals surface area contributed by atoms with Gasteiger partial charge in [-0.1, -0.05) is 17.7 Å². The van der Waals surface area contributed by atoms with Gasteiger partial charge in [-0.2, -0.15) is 0 Å². The second-order valence-corrected chi connectivity index (χ2v) is 2.69. The normalized spacial score (nSPS) is 13.6. The van der Waals surface area contributed by atoms with Gasteiger partial charge in [-0.25, -0.2) is 0 Å². The predicted molar refractivity (Wildman–Crippen MR) is 49.3 cm³/mol. The Balaban J connectivity index is 3.98. The standard InChI is InChI=1S/C7H12ClOP/c1-6(9-2)5-7(8)3-4-10/h3,5H,4,10H2,1-2H3/b6-5+,7-3+. The van der Waals surface area contributed by atoms with E-state index < -0.39 is 0 Å². The van der Waals surface area contributed by atoms with Crippen molar-refractivity contribution in [2.24, 2.45) is 0 Å². The largest absolute Gasteiger partial charge is 0.501 e. The Bertz CT molecular complexity index is 152. The first kappa shape index (κ1) is 10.0. The molecule has 0 bridgehead atoms. The SMILES string of the molecule is CO/C(C)=C/C(Cl)=C\CP. The van der Waals surface area contributed by atoms with E-state index in [4.69, 9.17) is 16.3 Å². The molecule has 0 amide bonds. The fourth-order valence-electron chi connectivity index (χ4n) is 0.425. The van der Waals surface area contributed by atoms with E-state index in [-0.39, 0.29) is 0 Å². The molecule has 3 heteroatoms. The van der Waals surface area contributed by atoms with Crippen LogP contribution in [0, 0.1) is 0 Å². The van der Waals surface area contributed by atoms with E-state index in [1.54, 1.807) is 13.2 Å². The maximum Gasteiger partial charge on any atom is 0.0939 e. The molecule has 0 rings (SSSR count). The molecule has 0 N–H and O–H groups in total. The van der Waals surface area contributed by atoms with Gasteiger partial charge in [0.05, 0.1) is 12.9 Å². The van der Waals surface area contributed by atoms with Crippen molar-refractivity contribution in [2.45, 2.75) is 6.92 Å². The van der Waals surface area contributed by atoms with Crippen molar-refractivity contribution in [3.05, 3.63) is 22.9 Å². The van der Waals surface area contributed by atoms with Crippen molar-refractivity contribution >= 4 is 20.8 Å². The van der Waals surface area contributed by atoms with E-state index in [1.165, 1.54) is 0 Å². The fraction of sp³-hybridized carbons (Fsp3) is 0.429. The Morgan fingerprint density at radius 3 is 2.70 bits per heavy atom. The molecule has 0 aliphatic carbocycles. The number of halogens is 1. The lowest BCUT2D eigenvalue weighted by molar-refractivity contribution is 0.293. The van der Waals surface area contributed by atoms with Crippen LogP contribution in [-0.4, -0.2) is 13.3 Å². The van der Waals surface area contributed by atoms with Gasteiger partial charge in [0, 0.05) is 5.03 Å². The third-order valence-corrected chi connectivity index (χ3v) is 1.48. The Kier molecular flexibility index (Phi) is 5.76. The van der Waals surface area contributed by atoms with Gasteiger partial charge in [-0.05, 0) is 19.2 Å². The minimum atomic E-state index is 0.717. The maximum atomic E-state index is 5.75. The van der Waals surface area contributed by atoms with E-state index in [0.29, 0.717) is 5.03 Å². The lowest BCUT2D eigenvalue weighted by Gasteiger charge is -1.96. The van der Waals surface area contributed by atoms with Crippen LogP contribution >= 0.6 is 20.8 Å². The fourth-order valence-corrected chi connectivity index (χ4v) is 1.07. The van der Waals surface area contributed by atoms with Gasteiger partial charge < -0.3 is 4.74 Å². The summed E-state index contributed by atoms with van der Waals surface area (Å²) in [5.74, 6) is 0.819. The third kappa shape index (κ3) is 4.84. The molecule has 10 heavy (non-hydrogen) atoms. The second-order valence-electron chi connectivity index (χ2n) is 1.78. The van der Waals surface area contributed by atoms with Gasteiger partial charge in [0.25, 0.3) is 0 Å². The molecular formula is C7H12ClOP. The second kappa shape index (κ2) is 5.76. The lowest BCUT2D eigenvalue weighted by Crippen LogP contribution is -1.78. The quantitative estimate of drug-likeness (QED) is 0.367. The average molecular weight is 179 g/mol. The summed E-state index contributed by atoms with van der Waals surface area (Å²) in [4.78, 5) is 0. The van der Waals surface area contributed by atoms with Crippen molar-refractivity contribution in [1.29, 1.82) is 0 Å². The zero-order valence-corrected chi connectivity index (χ0v) is 8.14. The molecule has 1 atom stereocenters. The van der Waals surface area contributed by atoms with Crippen LogP contribution in [0.2, 0.25) is 0 Å². The van der Waals surface area contributed by atoms with Crippen molar-refractivity contribution in [1.82, 2.24) is 0 Å². The molecule has 1 nitrogen and oxygen atoms in total. The molecule has 0 fully saturated rings. The van der Waals surface area contributed by atoms with Crippen LogP contribution < -0.4 is 0 Å². The topological polar surface area (TPSA) is 9.23 Å². The molecule has 0 saturated heterocycles. The van der Waals surface area contributed by atoms with Crippen LogP contribution in [0.5, 0.6) is 0 Å². The third-order valence-electron chi connectivity index (χ3n) is 0.976. The summed E-state index contributed by atoms with van der Waals surface area (Å²) in [5, 5.41) is 0.717. The molecule has 1 unspecified atom stereocenters. The number of rotatable bonds is 3. The molecule has 58 valence electrons. The predicted octanol–water partition coefficient (Wildman–Crippen LogP) is 2.53. The summed E-state index contributed by atoms with van der Waals surface area (Å²) in [5.41, 5.74) is 0. The Labute approximate surface area is 69.3 Å². The molecule has 0 aliphatic rings. The highest BCUT2D eigenvalue weighted by Gasteiger charge is 1.87. The summed E-state index contributed by atoms with van der Waals surface area (Å²) in [6.45, 7) is 1.86. The van der Waals surface area contributed by atoms with Crippen LogP contribution in [0.3, 0.4) is 0 Å². The van der Waals surface area contributed by atoms with Gasteiger partial charge >= 0.3 is 0 Å². The number of ether oxygens (including phenoxy) is 1. The molecule has 0 heterocycles. The number of allylic oxidation sites excluding steroid dienone is 4. The summed E-state index contributed by atoms with van der Waals surface area (Å²) < 4.78 is 4.90. The Morgan fingerprint density at radius 2 is 2.30 bits per heavy atom. The van der Waals surface area contributed by atoms with E-state index in [1.807, 2.05) is 13.0 Å². The highest BCUT2D eigenvalue weighted by atomic mass is 35.5. The zero-order chi connectivity index (χ0) is 7.98. The van der Waals surface area contributed by atoms with E-state index >= 15 is 0 Å². The summed E-state index contributed by atoms with van der Waals surface area (Å²) in [6.07, 6.45) is 4.55. The number of methoxy groups -OCH3 is 1.